The number of carbonyl (C=O) groups excluding carboxylic acids is 1. The highest BCUT2D eigenvalue weighted by molar-refractivity contribution is 5.69. The van der Waals surface area contributed by atoms with Crippen LogP contribution in [0.2, 0.25) is 0 Å². The molecule has 0 fully saturated rings. The lowest BCUT2D eigenvalue weighted by molar-refractivity contribution is -0.145. The van der Waals surface area contributed by atoms with Gasteiger partial charge >= 0.3 is 5.97 Å². The van der Waals surface area contributed by atoms with Crippen molar-refractivity contribution in [3.8, 4) is 5.75 Å². The zero-order valence-electron chi connectivity index (χ0n) is 10.7. The van der Waals surface area contributed by atoms with Gasteiger partial charge in [0.15, 0.2) is 0 Å². The van der Waals surface area contributed by atoms with Gasteiger partial charge < -0.3 is 9.47 Å². The second kappa shape index (κ2) is 6.94. The van der Waals surface area contributed by atoms with Gasteiger partial charge in [0.25, 0.3) is 0 Å². The van der Waals surface area contributed by atoms with Crippen LogP contribution in [-0.2, 0) is 16.1 Å². The molecule has 0 aliphatic heterocycles. The van der Waals surface area contributed by atoms with E-state index in [1.54, 1.807) is 7.11 Å². The van der Waals surface area contributed by atoms with E-state index < -0.39 is 0 Å². The van der Waals surface area contributed by atoms with Gasteiger partial charge in [0, 0.05) is 12.0 Å². The van der Waals surface area contributed by atoms with E-state index in [0.717, 1.165) is 17.7 Å². The van der Waals surface area contributed by atoms with Crippen LogP contribution in [0.25, 0.3) is 0 Å². The first kappa shape index (κ1) is 13.6. The molecule has 0 atom stereocenters. The lowest BCUT2D eigenvalue weighted by Gasteiger charge is -2.09. The fraction of sp³-hybridized carbons (Fsp3) is 0.500. The number of hydrogen-bond acceptors (Lipinski definition) is 3. The van der Waals surface area contributed by atoms with Crippen molar-refractivity contribution in [1.29, 1.82) is 0 Å². The Morgan fingerprint density at radius 3 is 2.65 bits per heavy atom. The van der Waals surface area contributed by atoms with Crippen LogP contribution >= 0.6 is 0 Å². The first-order chi connectivity index (χ1) is 8.13. The lowest BCUT2D eigenvalue weighted by Crippen LogP contribution is -2.06. The van der Waals surface area contributed by atoms with Crippen molar-refractivity contribution in [2.24, 2.45) is 5.92 Å². The van der Waals surface area contributed by atoms with Crippen LogP contribution < -0.4 is 4.74 Å². The van der Waals surface area contributed by atoms with Crippen molar-refractivity contribution in [3.63, 3.8) is 0 Å². The third-order valence-corrected chi connectivity index (χ3v) is 2.51. The van der Waals surface area contributed by atoms with E-state index in [2.05, 4.69) is 13.8 Å². The third-order valence-electron chi connectivity index (χ3n) is 2.51. The molecular formula is C14H20O3. The Balaban J connectivity index is 2.42. The van der Waals surface area contributed by atoms with Crippen LogP contribution in [0, 0.1) is 5.92 Å². The van der Waals surface area contributed by atoms with Crippen molar-refractivity contribution in [2.75, 3.05) is 7.11 Å². The molecular weight excluding hydrogens is 216 g/mol. The fourth-order valence-corrected chi connectivity index (χ4v) is 1.46. The largest absolute Gasteiger partial charge is 0.496 e. The maximum absolute atomic E-state index is 11.5. The standard InChI is InChI=1S/C14H20O3/c1-11(2)8-9-14(15)17-10-12-6-4-5-7-13(12)16-3/h4-7,11H,8-10H2,1-3H3. The van der Waals surface area contributed by atoms with Gasteiger partial charge in [-0.25, -0.2) is 0 Å². The van der Waals surface area contributed by atoms with E-state index in [1.165, 1.54) is 0 Å². The summed E-state index contributed by atoms with van der Waals surface area (Å²) < 4.78 is 10.4. The van der Waals surface area contributed by atoms with E-state index >= 15 is 0 Å². The molecule has 0 aliphatic rings. The summed E-state index contributed by atoms with van der Waals surface area (Å²) in [6.45, 7) is 4.46. The quantitative estimate of drug-likeness (QED) is 0.712. The highest BCUT2D eigenvalue weighted by atomic mass is 16.5. The van der Waals surface area contributed by atoms with Gasteiger partial charge in [-0.15, -0.1) is 0 Å². The highest BCUT2D eigenvalue weighted by Crippen LogP contribution is 2.18. The zero-order chi connectivity index (χ0) is 12.7. The minimum absolute atomic E-state index is 0.149. The van der Waals surface area contributed by atoms with Crippen molar-refractivity contribution < 1.29 is 14.3 Å². The molecule has 0 N–H and O–H groups in total. The van der Waals surface area contributed by atoms with Crippen LogP contribution in [0.3, 0.4) is 0 Å². The van der Waals surface area contributed by atoms with Crippen LogP contribution in [0.4, 0.5) is 0 Å². The molecule has 1 aromatic rings. The minimum atomic E-state index is -0.149. The Morgan fingerprint density at radius 1 is 1.29 bits per heavy atom. The van der Waals surface area contributed by atoms with Crippen LogP contribution in [0.5, 0.6) is 5.75 Å². The average molecular weight is 236 g/mol. The molecule has 3 heteroatoms. The predicted octanol–water partition coefficient (Wildman–Crippen LogP) is 3.17. The molecule has 3 nitrogen and oxygen atoms in total. The number of para-hydroxylation sites is 1. The van der Waals surface area contributed by atoms with E-state index in [0.29, 0.717) is 12.3 Å². The number of carbonyl (C=O) groups is 1. The summed E-state index contributed by atoms with van der Waals surface area (Å²) in [4.78, 5) is 11.5. The first-order valence-corrected chi connectivity index (χ1v) is 5.91. The highest BCUT2D eigenvalue weighted by Gasteiger charge is 2.07. The summed E-state index contributed by atoms with van der Waals surface area (Å²) in [5.74, 6) is 1.13. The summed E-state index contributed by atoms with van der Waals surface area (Å²) in [5.41, 5.74) is 0.896. The average Bonchev–Trinajstić information content (AvgIpc) is 2.34. The number of methoxy groups -OCH3 is 1. The minimum Gasteiger partial charge on any atom is -0.496 e. The van der Waals surface area contributed by atoms with Gasteiger partial charge in [-0.3, -0.25) is 4.79 Å². The third kappa shape index (κ3) is 4.89. The van der Waals surface area contributed by atoms with Crippen LogP contribution in [0.1, 0.15) is 32.3 Å². The predicted molar refractivity (Wildman–Crippen MR) is 66.9 cm³/mol. The number of benzene rings is 1. The molecule has 0 radical (unpaired) electrons. The molecule has 0 heterocycles. The van der Waals surface area contributed by atoms with Gasteiger partial charge in [-0.2, -0.15) is 0 Å². The summed E-state index contributed by atoms with van der Waals surface area (Å²) >= 11 is 0. The molecule has 17 heavy (non-hydrogen) atoms. The van der Waals surface area contributed by atoms with Gasteiger partial charge in [-0.05, 0) is 18.4 Å². The Hall–Kier alpha value is -1.51. The molecule has 0 saturated carbocycles. The Labute approximate surface area is 103 Å². The molecule has 0 spiro atoms. The molecule has 0 aliphatic carbocycles. The smallest absolute Gasteiger partial charge is 0.306 e. The zero-order valence-corrected chi connectivity index (χ0v) is 10.7. The SMILES string of the molecule is COc1ccccc1COC(=O)CCC(C)C. The normalized spacial score (nSPS) is 10.4. The molecule has 94 valence electrons. The molecule has 0 aromatic heterocycles. The van der Waals surface area contributed by atoms with Crippen molar-refractivity contribution in [3.05, 3.63) is 29.8 Å². The maximum Gasteiger partial charge on any atom is 0.306 e. The fourth-order valence-electron chi connectivity index (χ4n) is 1.46. The first-order valence-electron chi connectivity index (χ1n) is 5.91. The summed E-state index contributed by atoms with van der Waals surface area (Å²) in [6, 6.07) is 7.55. The van der Waals surface area contributed by atoms with Gasteiger partial charge in [0.1, 0.15) is 12.4 Å². The topological polar surface area (TPSA) is 35.5 Å². The molecule has 0 amide bonds. The summed E-state index contributed by atoms with van der Waals surface area (Å²) in [7, 11) is 1.61. The van der Waals surface area contributed by atoms with E-state index in [9.17, 15) is 4.79 Å². The lowest BCUT2D eigenvalue weighted by atomic mass is 10.1. The van der Waals surface area contributed by atoms with Crippen molar-refractivity contribution in [1.82, 2.24) is 0 Å². The monoisotopic (exact) mass is 236 g/mol. The molecule has 1 rings (SSSR count). The van der Waals surface area contributed by atoms with E-state index in [-0.39, 0.29) is 12.6 Å². The van der Waals surface area contributed by atoms with Gasteiger partial charge in [0.2, 0.25) is 0 Å². The number of hydrogen-bond donors (Lipinski definition) is 0. The Kier molecular flexibility index (Phi) is 5.53. The van der Waals surface area contributed by atoms with Crippen LogP contribution in [-0.4, -0.2) is 13.1 Å². The number of rotatable bonds is 6. The Bertz CT molecular complexity index is 358. The molecule has 0 bridgehead atoms. The second-order valence-corrected chi connectivity index (χ2v) is 4.41. The second-order valence-electron chi connectivity index (χ2n) is 4.41. The van der Waals surface area contributed by atoms with E-state index in [4.69, 9.17) is 9.47 Å². The van der Waals surface area contributed by atoms with E-state index in [1.807, 2.05) is 24.3 Å². The molecule has 0 saturated heterocycles. The maximum atomic E-state index is 11.5. The summed E-state index contributed by atoms with van der Waals surface area (Å²) in [6.07, 6.45) is 1.34. The van der Waals surface area contributed by atoms with Gasteiger partial charge in [0.05, 0.1) is 7.11 Å². The van der Waals surface area contributed by atoms with Crippen LogP contribution in [0.15, 0.2) is 24.3 Å². The molecule has 0 unspecified atom stereocenters. The van der Waals surface area contributed by atoms with Gasteiger partial charge in [-0.1, -0.05) is 32.0 Å². The number of esters is 1. The van der Waals surface area contributed by atoms with Crippen molar-refractivity contribution in [2.45, 2.75) is 33.3 Å². The Morgan fingerprint density at radius 2 is 2.00 bits per heavy atom. The van der Waals surface area contributed by atoms with Crippen molar-refractivity contribution >= 4 is 5.97 Å². The molecule has 1 aromatic carbocycles. The summed E-state index contributed by atoms with van der Waals surface area (Å²) in [5, 5.41) is 0. The number of ether oxygens (including phenoxy) is 2.